The number of carbonyl (C=O) groups is 2. The van der Waals surface area contributed by atoms with Crippen LogP contribution in [0.3, 0.4) is 0 Å². The molecule has 1 aromatic rings. The van der Waals surface area contributed by atoms with Crippen LogP contribution in [0.4, 0.5) is 0 Å². The Balaban J connectivity index is -0.000000492. The summed E-state index contributed by atoms with van der Waals surface area (Å²) in [6.07, 6.45) is 1.42. The Hall–Kier alpha value is -1.91. The SMILES string of the molecule is C[N+](C)(C)CC(=O)NN.C[N+](C)(C)CC(=O)NN=Cc1ccccc1O.[Cl-].[Cl-]. The van der Waals surface area contributed by atoms with Crippen molar-refractivity contribution >= 4 is 18.0 Å². The number of rotatable bonds is 6. The number of hydrazone groups is 1. The molecule has 28 heavy (non-hydrogen) atoms. The molecule has 162 valence electrons. The quantitative estimate of drug-likeness (QED) is 0.116. The van der Waals surface area contributed by atoms with Gasteiger partial charge in [0.05, 0.1) is 48.5 Å². The van der Waals surface area contributed by atoms with Crippen LogP contribution >= 0.6 is 0 Å². The maximum atomic E-state index is 11.4. The summed E-state index contributed by atoms with van der Waals surface area (Å²) in [5.74, 6) is 4.71. The van der Waals surface area contributed by atoms with E-state index in [4.69, 9.17) is 5.84 Å². The molecular weight excluding hydrogens is 407 g/mol. The number of hydrogen-bond acceptors (Lipinski definition) is 5. The number of benzene rings is 1. The minimum Gasteiger partial charge on any atom is -1.00 e. The molecule has 0 aliphatic rings. The van der Waals surface area contributed by atoms with Crippen LogP contribution in [0, 0.1) is 0 Å². The van der Waals surface area contributed by atoms with Crippen molar-refractivity contribution in [3.8, 4) is 5.75 Å². The van der Waals surface area contributed by atoms with Crippen molar-refractivity contribution in [2.24, 2.45) is 10.9 Å². The first-order valence-corrected chi connectivity index (χ1v) is 8.04. The molecule has 0 aromatic heterocycles. The van der Waals surface area contributed by atoms with Gasteiger partial charge in [0.2, 0.25) is 0 Å². The van der Waals surface area contributed by atoms with Gasteiger partial charge in [0.1, 0.15) is 5.75 Å². The van der Waals surface area contributed by atoms with Crippen LogP contribution in [0.2, 0.25) is 0 Å². The smallest absolute Gasteiger partial charge is 0.295 e. The van der Waals surface area contributed by atoms with Crippen LogP contribution in [0.15, 0.2) is 29.4 Å². The second kappa shape index (κ2) is 14.1. The summed E-state index contributed by atoms with van der Waals surface area (Å²) >= 11 is 0. The lowest BCUT2D eigenvalue weighted by molar-refractivity contribution is -0.862. The number of nitrogens with two attached hydrogens (primary N) is 1. The van der Waals surface area contributed by atoms with E-state index < -0.39 is 0 Å². The molecule has 0 atom stereocenters. The standard InChI is InChI=1S/C12H17N3O2.C5H13N3O.2ClH/c1-15(2,3)9-12(17)14-13-8-10-6-4-5-7-11(10)16;1-8(2,3)4-5(9)7-6;;/h4-8H,9H2,1-3H3,(H-,13,14,16,17);4,6H2,1-3H3;2*1H. The average Bonchev–Trinajstić information content (AvgIpc) is 2.46. The molecule has 2 amide bonds. The topological polar surface area (TPSA) is 117 Å². The highest BCUT2D eigenvalue weighted by Gasteiger charge is 2.13. The van der Waals surface area contributed by atoms with Crippen molar-refractivity contribution in [1.82, 2.24) is 10.9 Å². The normalized spacial score (nSPS) is 10.7. The minimum atomic E-state index is -0.163. The lowest BCUT2D eigenvalue weighted by Crippen LogP contribution is -3.00. The summed E-state index contributed by atoms with van der Waals surface area (Å²) < 4.78 is 1.14. The van der Waals surface area contributed by atoms with Gasteiger partial charge in [-0.25, -0.2) is 11.3 Å². The maximum Gasteiger partial charge on any atom is 0.295 e. The van der Waals surface area contributed by atoms with E-state index in [0.29, 0.717) is 27.6 Å². The summed E-state index contributed by atoms with van der Waals surface area (Å²) in [6, 6.07) is 6.79. The predicted octanol–water partition coefficient (Wildman–Crippen LogP) is -6.76. The monoisotopic (exact) mass is 438 g/mol. The zero-order valence-corrected chi connectivity index (χ0v) is 18.8. The number of aromatic hydroxyl groups is 1. The predicted molar refractivity (Wildman–Crippen MR) is 102 cm³/mol. The molecule has 1 aromatic carbocycles. The molecule has 0 aliphatic heterocycles. The van der Waals surface area contributed by atoms with Crippen molar-refractivity contribution in [2.45, 2.75) is 0 Å². The fourth-order valence-electron chi connectivity index (χ4n) is 1.71. The van der Waals surface area contributed by atoms with Gasteiger partial charge in [0.25, 0.3) is 11.8 Å². The van der Waals surface area contributed by atoms with Crippen molar-refractivity contribution in [3.63, 3.8) is 0 Å². The van der Waals surface area contributed by atoms with E-state index >= 15 is 0 Å². The van der Waals surface area contributed by atoms with Crippen LogP contribution in [0.1, 0.15) is 5.56 Å². The highest BCUT2D eigenvalue weighted by molar-refractivity contribution is 5.85. The minimum absolute atomic E-state index is 0. The number of nitrogens with zero attached hydrogens (tertiary/aromatic N) is 3. The van der Waals surface area contributed by atoms with E-state index in [1.54, 1.807) is 24.3 Å². The van der Waals surface area contributed by atoms with Gasteiger partial charge < -0.3 is 38.9 Å². The molecular formula is C17H32Cl2N6O3. The average molecular weight is 439 g/mol. The lowest BCUT2D eigenvalue weighted by Gasteiger charge is -2.21. The van der Waals surface area contributed by atoms with Gasteiger partial charge in [-0.3, -0.25) is 15.0 Å². The number of nitrogens with one attached hydrogen (secondary N) is 2. The van der Waals surface area contributed by atoms with Crippen LogP contribution in [-0.2, 0) is 9.59 Å². The Morgan fingerprint density at radius 2 is 1.46 bits per heavy atom. The fourth-order valence-corrected chi connectivity index (χ4v) is 1.71. The van der Waals surface area contributed by atoms with Crippen molar-refractivity contribution in [3.05, 3.63) is 29.8 Å². The highest BCUT2D eigenvalue weighted by Crippen LogP contribution is 2.12. The molecule has 0 heterocycles. The van der Waals surface area contributed by atoms with E-state index in [9.17, 15) is 14.7 Å². The van der Waals surface area contributed by atoms with Gasteiger partial charge in [-0.1, -0.05) is 12.1 Å². The summed E-state index contributed by atoms with van der Waals surface area (Å²) in [4.78, 5) is 22.0. The zero-order chi connectivity index (χ0) is 20.4. The van der Waals surface area contributed by atoms with Crippen molar-refractivity contribution < 1.29 is 48.5 Å². The Morgan fingerprint density at radius 3 is 1.86 bits per heavy atom. The van der Waals surface area contributed by atoms with Gasteiger partial charge >= 0.3 is 0 Å². The first-order chi connectivity index (χ1) is 11.8. The van der Waals surface area contributed by atoms with Gasteiger partial charge in [0, 0.05) is 5.56 Å². The van der Waals surface area contributed by atoms with E-state index in [0.717, 1.165) is 0 Å². The Bertz CT molecular complexity index is 628. The molecule has 9 nitrogen and oxygen atoms in total. The number of amides is 2. The number of para-hydroxylation sites is 1. The van der Waals surface area contributed by atoms with Crippen molar-refractivity contribution in [1.29, 1.82) is 0 Å². The summed E-state index contributed by atoms with van der Waals surface area (Å²) in [5.41, 5.74) is 5.05. The molecule has 0 aliphatic carbocycles. The van der Waals surface area contributed by atoms with Crippen LogP contribution in [0.5, 0.6) is 5.75 Å². The molecule has 1 rings (SSSR count). The maximum absolute atomic E-state index is 11.4. The second-order valence-corrected chi connectivity index (χ2v) is 7.82. The second-order valence-electron chi connectivity index (χ2n) is 7.82. The van der Waals surface area contributed by atoms with Crippen LogP contribution < -0.4 is 41.5 Å². The number of quaternary nitrogens is 2. The number of likely N-dealkylation sites (N-methyl/N-ethyl adjacent to an activating group) is 2. The highest BCUT2D eigenvalue weighted by atomic mass is 35.5. The molecule has 5 N–H and O–H groups in total. The van der Waals surface area contributed by atoms with Gasteiger partial charge in [0.15, 0.2) is 13.1 Å². The van der Waals surface area contributed by atoms with E-state index in [1.807, 2.05) is 42.3 Å². The molecule has 0 unspecified atom stereocenters. The van der Waals surface area contributed by atoms with Gasteiger partial charge in [-0.15, -0.1) is 0 Å². The summed E-state index contributed by atoms with van der Waals surface area (Å²) in [7, 11) is 11.5. The number of phenolic OH excluding ortho intramolecular Hbond substituents is 1. The Labute approximate surface area is 179 Å². The summed E-state index contributed by atoms with van der Waals surface area (Å²) in [6.45, 7) is 0.759. The van der Waals surface area contributed by atoms with Crippen LogP contribution in [-0.4, -0.2) is 87.5 Å². The number of halogens is 2. The third-order valence-electron chi connectivity index (χ3n) is 2.73. The van der Waals surface area contributed by atoms with Crippen molar-refractivity contribution in [2.75, 3.05) is 55.4 Å². The fraction of sp³-hybridized carbons (Fsp3) is 0.471. The first kappa shape index (κ1) is 30.8. The summed E-state index contributed by atoms with van der Waals surface area (Å²) in [5, 5.41) is 13.2. The largest absolute Gasteiger partial charge is 1.00 e. The molecule has 0 saturated carbocycles. The lowest BCUT2D eigenvalue weighted by atomic mass is 10.2. The number of phenols is 1. The molecule has 0 spiro atoms. The third-order valence-corrected chi connectivity index (χ3v) is 2.73. The van der Waals surface area contributed by atoms with Gasteiger partial charge in [-0.2, -0.15) is 5.10 Å². The van der Waals surface area contributed by atoms with Crippen LogP contribution in [0.25, 0.3) is 0 Å². The van der Waals surface area contributed by atoms with Gasteiger partial charge in [-0.05, 0) is 12.1 Å². The number of hydrazine groups is 1. The molecule has 11 heteroatoms. The Morgan fingerprint density at radius 1 is 1.00 bits per heavy atom. The number of hydrogen-bond donors (Lipinski definition) is 4. The molecule has 0 saturated heterocycles. The third kappa shape index (κ3) is 17.5. The first-order valence-electron chi connectivity index (χ1n) is 8.04. The molecule has 0 bridgehead atoms. The zero-order valence-electron chi connectivity index (χ0n) is 17.2. The Kier molecular flexibility index (Phi) is 15.6. The molecule has 0 fully saturated rings. The number of carbonyl (C=O) groups excluding carboxylic acids is 2. The van der Waals surface area contributed by atoms with E-state index in [-0.39, 0.29) is 42.4 Å². The van der Waals surface area contributed by atoms with E-state index in [2.05, 4.69) is 16.0 Å². The molecule has 0 radical (unpaired) electrons. The van der Waals surface area contributed by atoms with E-state index in [1.165, 1.54) is 6.21 Å².